The molecule has 0 aromatic carbocycles. The van der Waals surface area contributed by atoms with E-state index in [1.54, 1.807) is 0 Å². The first-order valence-electron chi connectivity index (χ1n) is 6.47. The third-order valence-electron chi connectivity index (χ3n) is 4.27. The lowest BCUT2D eigenvalue weighted by molar-refractivity contribution is -0.137. The Hall–Kier alpha value is -0.570. The van der Waals surface area contributed by atoms with Crippen LogP contribution in [0.15, 0.2) is 0 Å². The molecule has 16 heavy (non-hydrogen) atoms. The molecular formula is C13H24N2O. The summed E-state index contributed by atoms with van der Waals surface area (Å²) in [5, 5.41) is 3.04. The van der Waals surface area contributed by atoms with Gasteiger partial charge in [-0.05, 0) is 59.5 Å². The van der Waals surface area contributed by atoms with E-state index in [4.69, 9.17) is 0 Å². The lowest BCUT2D eigenvalue weighted by Gasteiger charge is -2.47. The van der Waals surface area contributed by atoms with Gasteiger partial charge in [0.25, 0.3) is 0 Å². The highest BCUT2D eigenvalue weighted by Gasteiger charge is 2.43. The van der Waals surface area contributed by atoms with Crippen LogP contribution in [0.5, 0.6) is 0 Å². The summed E-state index contributed by atoms with van der Waals surface area (Å²) in [5.41, 5.74) is 0.215. The molecule has 0 unspecified atom stereocenters. The average Bonchev–Trinajstić information content (AvgIpc) is 2.22. The topological polar surface area (TPSA) is 32.3 Å². The Labute approximate surface area is 98.6 Å². The van der Waals surface area contributed by atoms with Gasteiger partial charge in [0.2, 0.25) is 5.91 Å². The van der Waals surface area contributed by atoms with Crippen LogP contribution in [-0.4, -0.2) is 36.0 Å². The van der Waals surface area contributed by atoms with Gasteiger partial charge in [-0.15, -0.1) is 0 Å². The number of hydrogen-bond donors (Lipinski definition) is 1. The van der Waals surface area contributed by atoms with Crippen LogP contribution in [-0.2, 0) is 4.79 Å². The molecule has 0 aliphatic carbocycles. The van der Waals surface area contributed by atoms with Crippen molar-refractivity contribution in [3.05, 3.63) is 0 Å². The second kappa shape index (κ2) is 4.02. The van der Waals surface area contributed by atoms with Crippen LogP contribution in [0.4, 0.5) is 0 Å². The van der Waals surface area contributed by atoms with Crippen molar-refractivity contribution in [1.29, 1.82) is 0 Å². The molecule has 0 bridgehead atoms. The normalized spacial score (nSPS) is 26.8. The second-order valence-electron chi connectivity index (χ2n) is 6.30. The number of carbonyl (C=O) groups excluding carboxylic acids is 1. The minimum Gasteiger partial charge on any atom is -0.356 e. The molecule has 92 valence electrons. The van der Waals surface area contributed by atoms with E-state index >= 15 is 0 Å². The number of nitrogens with zero attached hydrogens (tertiary/aromatic N) is 1. The van der Waals surface area contributed by atoms with Gasteiger partial charge in [-0.2, -0.15) is 0 Å². The van der Waals surface area contributed by atoms with Gasteiger partial charge in [0.15, 0.2) is 0 Å². The lowest BCUT2D eigenvalue weighted by atomic mass is 9.72. The molecule has 2 fully saturated rings. The van der Waals surface area contributed by atoms with Gasteiger partial charge in [0, 0.05) is 12.1 Å². The van der Waals surface area contributed by atoms with Gasteiger partial charge in [-0.1, -0.05) is 0 Å². The first-order valence-corrected chi connectivity index (χ1v) is 6.47. The molecule has 0 atom stereocenters. The third kappa shape index (κ3) is 2.10. The van der Waals surface area contributed by atoms with Crippen molar-refractivity contribution < 1.29 is 4.79 Å². The Morgan fingerprint density at radius 3 is 2.31 bits per heavy atom. The zero-order valence-electron chi connectivity index (χ0n) is 10.8. The summed E-state index contributed by atoms with van der Waals surface area (Å²) in [5.74, 6) is 0.312. The first-order chi connectivity index (χ1) is 7.44. The molecule has 3 heteroatoms. The fraction of sp³-hybridized carbons (Fsp3) is 0.923. The standard InChI is InChI=1S/C13H24N2O/c1-12(2,3)15-9-6-13(7-10-15)5-4-8-14-11(13)16/h4-10H2,1-3H3,(H,14,16). The summed E-state index contributed by atoms with van der Waals surface area (Å²) in [4.78, 5) is 14.5. The Balaban J connectivity index is 2.00. The lowest BCUT2D eigenvalue weighted by Crippen LogP contribution is -2.55. The SMILES string of the molecule is CC(C)(C)N1CCC2(CCCNC2=O)CC1. The van der Waals surface area contributed by atoms with Crippen LogP contribution in [0.25, 0.3) is 0 Å². The minimum absolute atomic E-state index is 0.0278. The number of piperidine rings is 2. The van der Waals surface area contributed by atoms with Crippen molar-refractivity contribution in [2.24, 2.45) is 5.41 Å². The highest BCUT2D eigenvalue weighted by molar-refractivity contribution is 5.83. The molecule has 0 aromatic heterocycles. The van der Waals surface area contributed by atoms with E-state index in [1.807, 2.05) is 0 Å². The van der Waals surface area contributed by atoms with Crippen molar-refractivity contribution in [1.82, 2.24) is 10.2 Å². The highest BCUT2D eigenvalue weighted by atomic mass is 16.2. The van der Waals surface area contributed by atoms with E-state index in [-0.39, 0.29) is 11.0 Å². The van der Waals surface area contributed by atoms with Crippen molar-refractivity contribution >= 4 is 5.91 Å². The van der Waals surface area contributed by atoms with Crippen LogP contribution in [0, 0.1) is 5.41 Å². The van der Waals surface area contributed by atoms with Crippen LogP contribution in [0.1, 0.15) is 46.5 Å². The smallest absolute Gasteiger partial charge is 0.226 e. The summed E-state index contributed by atoms with van der Waals surface area (Å²) in [7, 11) is 0. The number of amides is 1. The van der Waals surface area contributed by atoms with E-state index in [9.17, 15) is 4.79 Å². The molecule has 0 aromatic rings. The molecule has 0 radical (unpaired) electrons. The molecule has 2 aliphatic heterocycles. The maximum atomic E-state index is 12.0. The van der Waals surface area contributed by atoms with Crippen LogP contribution < -0.4 is 5.32 Å². The summed E-state index contributed by atoms with van der Waals surface area (Å²) >= 11 is 0. The summed E-state index contributed by atoms with van der Waals surface area (Å²) < 4.78 is 0. The molecule has 2 aliphatic rings. The van der Waals surface area contributed by atoms with Gasteiger partial charge in [0.05, 0.1) is 5.41 Å². The first kappa shape index (κ1) is 11.9. The van der Waals surface area contributed by atoms with E-state index in [1.165, 1.54) is 0 Å². The number of carbonyl (C=O) groups is 1. The molecule has 1 spiro atoms. The quantitative estimate of drug-likeness (QED) is 0.680. The van der Waals surface area contributed by atoms with Crippen molar-refractivity contribution in [2.45, 2.75) is 52.0 Å². The maximum absolute atomic E-state index is 12.0. The summed E-state index contributed by atoms with van der Waals surface area (Å²) in [6.45, 7) is 9.78. The monoisotopic (exact) mass is 224 g/mol. The summed E-state index contributed by atoms with van der Waals surface area (Å²) in [6.07, 6.45) is 4.32. The predicted octanol–water partition coefficient (Wildman–Crippen LogP) is 1.78. The van der Waals surface area contributed by atoms with E-state index in [0.29, 0.717) is 5.91 Å². The second-order valence-corrected chi connectivity index (χ2v) is 6.30. The van der Waals surface area contributed by atoms with Crippen molar-refractivity contribution in [3.8, 4) is 0 Å². The number of hydrogen-bond acceptors (Lipinski definition) is 2. The van der Waals surface area contributed by atoms with Gasteiger partial charge in [-0.3, -0.25) is 9.69 Å². The average molecular weight is 224 g/mol. The van der Waals surface area contributed by atoms with Gasteiger partial charge >= 0.3 is 0 Å². The zero-order valence-corrected chi connectivity index (χ0v) is 10.8. The molecule has 2 heterocycles. The molecule has 0 saturated carbocycles. The number of rotatable bonds is 0. The Bertz CT molecular complexity index is 272. The van der Waals surface area contributed by atoms with Crippen LogP contribution >= 0.6 is 0 Å². The summed E-state index contributed by atoms with van der Waals surface area (Å²) in [6, 6.07) is 0. The Kier molecular flexibility index (Phi) is 2.99. The molecule has 3 nitrogen and oxygen atoms in total. The molecule has 1 N–H and O–H groups in total. The van der Waals surface area contributed by atoms with Crippen LogP contribution in [0.2, 0.25) is 0 Å². The Morgan fingerprint density at radius 2 is 1.81 bits per heavy atom. The van der Waals surface area contributed by atoms with Gasteiger partial charge < -0.3 is 5.32 Å². The van der Waals surface area contributed by atoms with Crippen molar-refractivity contribution in [3.63, 3.8) is 0 Å². The molecular weight excluding hydrogens is 200 g/mol. The van der Waals surface area contributed by atoms with Crippen LogP contribution in [0.3, 0.4) is 0 Å². The fourth-order valence-corrected chi connectivity index (χ4v) is 3.01. The predicted molar refractivity (Wildman–Crippen MR) is 65.2 cm³/mol. The highest BCUT2D eigenvalue weighted by Crippen LogP contribution is 2.39. The van der Waals surface area contributed by atoms with Gasteiger partial charge in [0.1, 0.15) is 0 Å². The maximum Gasteiger partial charge on any atom is 0.226 e. The van der Waals surface area contributed by atoms with Gasteiger partial charge in [-0.25, -0.2) is 0 Å². The molecule has 1 amide bonds. The fourth-order valence-electron chi connectivity index (χ4n) is 3.01. The zero-order chi connectivity index (χ0) is 11.8. The minimum atomic E-state index is -0.0278. The van der Waals surface area contributed by atoms with E-state index < -0.39 is 0 Å². The third-order valence-corrected chi connectivity index (χ3v) is 4.27. The Morgan fingerprint density at radius 1 is 1.19 bits per heavy atom. The number of likely N-dealkylation sites (tertiary alicyclic amines) is 1. The number of nitrogens with one attached hydrogen (secondary N) is 1. The van der Waals surface area contributed by atoms with E-state index in [0.717, 1.165) is 45.3 Å². The largest absolute Gasteiger partial charge is 0.356 e. The van der Waals surface area contributed by atoms with E-state index in [2.05, 4.69) is 31.0 Å². The molecule has 2 rings (SSSR count). The van der Waals surface area contributed by atoms with Crippen molar-refractivity contribution in [2.75, 3.05) is 19.6 Å². The molecule has 2 saturated heterocycles.